The summed E-state index contributed by atoms with van der Waals surface area (Å²) >= 11 is 0. The van der Waals surface area contributed by atoms with E-state index in [0.717, 1.165) is 24.0 Å². The number of rotatable bonds is 2. The third kappa shape index (κ3) is 4.09. The Morgan fingerprint density at radius 1 is 1.33 bits per heavy atom. The van der Waals surface area contributed by atoms with Crippen LogP contribution in [0.5, 0.6) is 0 Å². The van der Waals surface area contributed by atoms with Crippen LogP contribution < -0.4 is 11.1 Å². The van der Waals surface area contributed by atoms with Gasteiger partial charge in [0.1, 0.15) is 0 Å². The average Bonchev–Trinajstić information content (AvgIpc) is 2.46. The summed E-state index contributed by atoms with van der Waals surface area (Å²) in [5.74, 6) is 5.82. The van der Waals surface area contributed by atoms with E-state index in [1.165, 1.54) is 19.3 Å². The topological polar surface area (TPSA) is 55.1 Å². The van der Waals surface area contributed by atoms with Crippen molar-refractivity contribution in [2.24, 2.45) is 5.73 Å². The van der Waals surface area contributed by atoms with Crippen LogP contribution in [-0.2, 0) is 0 Å². The third-order valence-electron chi connectivity index (χ3n) is 4.19. The highest BCUT2D eigenvalue weighted by Gasteiger charge is 2.29. The maximum Gasteiger partial charge on any atom is 0.252 e. The summed E-state index contributed by atoms with van der Waals surface area (Å²) in [5, 5.41) is 3.22. The van der Waals surface area contributed by atoms with E-state index in [0.29, 0.717) is 12.1 Å². The number of carbonyl (C=O) groups excluding carboxylic acids is 1. The van der Waals surface area contributed by atoms with Crippen LogP contribution >= 0.6 is 0 Å². The first kappa shape index (κ1) is 15.6. The number of nitrogens with two attached hydrogens (primary N) is 1. The zero-order valence-corrected chi connectivity index (χ0v) is 13.0. The van der Waals surface area contributed by atoms with Gasteiger partial charge in [0.15, 0.2) is 0 Å². The lowest BCUT2D eigenvalue weighted by Crippen LogP contribution is -2.47. The standard InChI is InChI=1S/C18H24N2O/c1-14-8-9-15(7-6-12-19)13-16(14)17(21)20-18(2)10-4-3-5-11-18/h8-9,13H,3-5,10-12,19H2,1-2H3,(H,20,21). The number of nitrogens with one attached hydrogen (secondary N) is 1. The summed E-state index contributed by atoms with van der Waals surface area (Å²) in [7, 11) is 0. The Morgan fingerprint density at radius 3 is 2.71 bits per heavy atom. The van der Waals surface area contributed by atoms with Gasteiger partial charge in [-0.3, -0.25) is 4.79 Å². The monoisotopic (exact) mass is 284 g/mol. The van der Waals surface area contributed by atoms with Crippen molar-refractivity contribution in [2.75, 3.05) is 6.54 Å². The Kier molecular flexibility index (Phi) is 5.03. The van der Waals surface area contributed by atoms with E-state index in [1.54, 1.807) is 0 Å². The molecule has 0 saturated heterocycles. The van der Waals surface area contributed by atoms with Gasteiger partial charge in [-0.05, 0) is 44.4 Å². The summed E-state index contributed by atoms with van der Waals surface area (Å²) in [6, 6.07) is 5.73. The molecule has 1 aliphatic carbocycles. The molecule has 1 aliphatic rings. The molecule has 21 heavy (non-hydrogen) atoms. The van der Waals surface area contributed by atoms with Gasteiger partial charge in [-0.1, -0.05) is 37.2 Å². The molecular formula is C18H24N2O. The Hall–Kier alpha value is -1.79. The second kappa shape index (κ2) is 6.78. The molecule has 1 fully saturated rings. The quantitative estimate of drug-likeness (QED) is 0.821. The minimum Gasteiger partial charge on any atom is -0.347 e. The van der Waals surface area contributed by atoms with Gasteiger partial charge in [-0.15, -0.1) is 0 Å². The molecule has 1 amide bonds. The molecule has 0 heterocycles. The van der Waals surface area contributed by atoms with Crippen LogP contribution in [-0.4, -0.2) is 18.0 Å². The molecule has 1 saturated carbocycles. The lowest BCUT2D eigenvalue weighted by Gasteiger charge is -2.34. The van der Waals surface area contributed by atoms with Crippen molar-refractivity contribution in [1.82, 2.24) is 5.32 Å². The van der Waals surface area contributed by atoms with Crippen LogP contribution in [0.4, 0.5) is 0 Å². The zero-order valence-electron chi connectivity index (χ0n) is 13.0. The smallest absolute Gasteiger partial charge is 0.252 e. The minimum absolute atomic E-state index is 0.00768. The van der Waals surface area contributed by atoms with Crippen LogP contribution in [0.15, 0.2) is 18.2 Å². The van der Waals surface area contributed by atoms with Crippen molar-refractivity contribution in [3.63, 3.8) is 0 Å². The lowest BCUT2D eigenvalue weighted by molar-refractivity contribution is 0.0882. The number of hydrogen-bond donors (Lipinski definition) is 2. The van der Waals surface area contributed by atoms with E-state index in [2.05, 4.69) is 24.1 Å². The summed E-state index contributed by atoms with van der Waals surface area (Å²) in [4.78, 5) is 12.6. The molecule has 0 aliphatic heterocycles. The number of hydrogen-bond acceptors (Lipinski definition) is 2. The highest BCUT2D eigenvalue weighted by atomic mass is 16.1. The van der Waals surface area contributed by atoms with Crippen molar-refractivity contribution in [1.29, 1.82) is 0 Å². The molecule has 0 atom stereocenters. The van der Waals surface area contributed by atoms with Crippen LogP contribution in [0.3, 0.4) is 0 Å². The van der Waals surface area contributed by atoms with Gasteiger partial charge >= 0.3 is 0 Å². The molecule has 1 aromatic rings. The molecule has 2 rings (SSSR count). The highest BCUT2D eigenvalue weighted by Crippen LogP contribution is 2.28. The fraction of sp³-hybridized carbons (Fsp3) is 0.500. The Morgan fingerprint density at radius 2 is 2.05 bits per heavy atom. The molecule has 3 N–H and O–H groups in total. The first-order valence-corrected chi connectivity index (χ1v) is 7.66. The zero-order chi connectivity index (χ0) is 15.3. The average molecular weight is 284 g/mol. The summed E-state index contributed by atoms with van der Waals surface area (Å²) in [5.41, 5.74) is 7.85. The highest BCUT2D eigenvalue weighted by molar-refractivity contribution is 5.96. The van der Waals surface area contributed by atoms with Crippen LogP contribution in [0.2, 0.25) is 0 Å². The second-order valence-corrected chi connectivity index (χ2v) is 6.11. The maximum atomic E-state index is 12.6. The molecule has 3 heteroatoms. The fourth-order valence-electron chi connectivity index (χ4n) is 2.90. The van der Waals surface area contributed by atoms with Crippen LogP contribution in [0, 0.1) is 18.8 Å². The van der Waals surface area contributed by atoms with Gasteiger partial charge in [0.25, 0.3) is 5.91 Å². The molecule has 3 nitrogen and oxygen atoms in total. The van der Waals surface area contributed by atoms with Crippen molar-refractivity contribution in [3.05, 3.63) is 34.9 Å². The van der Waals surface area contributed by atoms with Gasteiger partial charge in [-0.25, -0.2) is 0 Å². The van der Waals surface area contributed by atoms with E-state index in [9.17, 15) is 4.79 Å². The van der Waals surface area contributed by atoms with Crippen molar-refractivity contribution < 1.29 is 4.79 Å². The summed E-state index contributed by atoms with van der Waals surface area (Å²) < 4.78 is 0. The molecule has 1 aromatic carbocycles. The van der Waals surface area contributed by atoms with Gasteiger partial charge in [0.05, 0.1) is 6.54 Å². The van der Waals surface area contributed by atoms with Crippen LogP contribution in [0.1, 0.15) is 60.5 Å². The normalized spacial score (nSPS) is 16.7. The van der Waals surface area contributed by atoms with Crippen molar-refractivity contribution >= 4 is 5.91 Å². The number of aryl methyl sites for hydroxylation is 1. The molecule has 112 valence electrons. The lowest BCUT2D eigenvalue weighted by atomic mass is 9.83. The predicted octanol–water partition coefficient (Wildman–Crippen LogP) is 2.76. The van der Waals surface area contributed by atoms with E-state index in [1.807, 2.05) is 25.1 Å². The van der Waals surface area contributed by atoms with Crippen LogP contribution in [0.25, 0.3) is 0 Å². The Balaban J connectivity index is 2.18. The number of amides is 1. The minimum atomic E-state index is -0.0687. The Labute approximate surface area is 127 Å². The first-order valence-electron chi connectivity index (χ1n) is 7.66. The molecule has 0 spiro atoms. The van der Waals surface area contributed by atoms with E-state index < -0.39 is 0 Å². The Bertz CT molecular complexity index is 575. The van der Waals surface area contributed by atoms with Gasteiger partial charge < -0.3 is 11.1 Å². The molecular weight excluding hydrogens is 260 g/mol. The number of benzene rings is 1. The van der Waals surface area contributed by atoms with E-state index >= 15 is 0 Å². The molecule has 0 bridgehead atoms. The number of carbonyl (C=O) groups is 1. The first-order chi connectivity index (χ1) is 10.0. The molecule has 0 unspecified atom stereocenters. The SMILES string of the molecule is Cc1ccc(C#CCN)cc1C(=O)NC1(C)CCCCC1. The van der Waals surface area contributed by atoms with E-state index in [-0.39, 0.29) is 11.4 Å². The van der Waals surface area contributed by atoms with Gasteiger partial charge in [0, 0.05) is 16.7 Å². The molecule has 0 radical (unpaired) electrons. The summed E-state index contributed by atoms with van der Waals surface area (Å²) in [6.45, 7) is 4.43. The fourth-order valence-corrected chi connectivity index (χ4v) is 2.90. The third-order valence-corrected chi connectivity index (χ3v) is 4.19. The van der Waals surface area contributed by atoms with Gasteiger partial charge in [0.2, 0.25) is 0 Å². The maximum absolute atomic E-state index is 12.6. The molecule has 0 aromatic heterocycles. The van der Waals surface area contributed by atoms with E-state index in [4.69, 9.17) is 5.73 Å². The van der Waals surface area contributed by atoms with Crippen molar-refractivity contribution in [2.45, 2.75) is 51.5 Å². The largest absolute Gasteiger partial charge is 0.347 e. The predicted molar refractivity (Wildman–Crippen MR) is 86.1 cm³/mol. The summed E-state index contributed by atoms with van der Waals surface area (Å²) in [6.07, 6.45) is 5.78. The van der Waals surface area contributed by atoms with Crippen molar-refractivity contribution in [3.8, 4) is 11.8 Å². The second-order valence-electron chi connectivity index (χ2n) is 6.11. The van der Waals surface area contributed by atoms with Gasteiger partial charge in [-0.2, -0.15) is 0 Å².